The average molecular weight is 369 g/mol. The first-order valence-electron chi connectivity index (χ1n) is 6.20. The number of amides is 1. The summed E-state index contributed by atoms with van der Waals surface area (Å²) in [6, 6.07) is 4.65. The van der Waals surface area contributed by atoms with E-state index in [0.29, 0.717) is 12.1 Å². The van der Waals surface area contributed by atoms with Crippen molar-refractivity contribution in [1.82, 2.24) is 4.98 Å². The topological polar surface area (TPSA) is 42.0 Å². The number of nitrogens with zero attached hydrogens (tertiary/aromatic N) is 1. The van der Waals surface area contributed by atoms with Gasteiger partial charge in [-0.1, -0.05) is 17.7 Å². The maximum atomic E-state index is 12.8. The van der Waals surface area contributed by atoms with E-state index in [4.69, 9.17) is 11.6 Å². The lowest BCUT2D eigenvalue weighted by Gasteiger charge is -2.14. The number of halogens is 7. The number of alkyl halides is 6. The van der Waals surface area contributed by atoms with Crippen LogP contribution in [0.15, 0.2) is 36.4 Å². The van der Waals surface area contributed by atoms with Crippen LogP contribution in [0, 0.1) is 0 Å². The second-order valence-corrected chi connectivity index (χ2v) is 4.98. The number of nitrogens with one attached hydrogen (secondary N) is 1. The maximum Gasteiger partial charge on any atom is 0.416 e. The summed E-state index contributed by atoms with van der Waals surface area (Å²) in [5.74, 6) is -1.29. The molecule has 1 heterocycles. The zero-order valence-electron chi connectivity index (χ0n) is 11.5. The van der Waals surface area contributed by atoms with Crippen LogP contribution in [0.2, 0.25) is 5.15 Å². The first-order chi connectivity index (χ1) is 11.0. The van der Waals surface area contributed by atoms with Crippen LogP contribution in [-0.4, -0.2) is 10.9 Å². The average Bonchev–Trinajstić information content (AvgIpc) is 2.45. The third-order valence-electron chi connectivity index (χ3n) is 2.81. The third kappa shape index (κ3) is 4.38. The fraction of sp³-hybridized carbons (Fsp3) is 0.143. The smallest absolute Gasteiger partial charge is 0.307 e. The summed E-state index contributed by atoms with van der Waals surface area (Å²) in [7, 11) is 0. The van der Waals surface area contributed by atoms with Gasteiger partial charge in [0.15, 0.2) is 0 Å². The lowest BCUT2D eigenvalue weighted by Crippen LogP contribution is -2.17. The van der Waals surface area contributed by atoms with E-state index in [1.807, 2.05) is 0 Å². The molecule has 2 aromatic rings. The minimum atomic E-state index is -5.04. The number of hydrogen-bond donors (Lipinski definition) is 1. The Hall–Kier alpha value is -2.29. The molecule has 1 aromatic carbocycles. The van der Waals surface area contributed by atoms with E-state index in [-0.39, 0.29) is 17.0 Å². The Labute approximate surface area is 136 Å². The summed E-state index contributed by atoms with van der Waals surface area (Å²) in [5, 5.41) is 2.08. The highest BCUT2D eigenvalue weighted by atomic mass is 35.5. The van der Waals surface area contributed by atoms with Crippen LogP contribution in [0.5, 0.6) is 0 Å². The highest BCUT2D eigenvalue weighted by Gasteiger charge is 2.37. The van der Waals surface area contributed by atoms with Crippen LogP contribution in [0.3, 0.4) is 0 Å². The lowest BCUT2D eigenvalue weighted by molar-refractivity contribution is -0.143. The number of rotatable bonds is 2. The third-order valence-corrected chi connectivity index (χ3v) is 3.02. The number of anilines is 1. The van der Waals surface area contributed by atoms with Crippen LogP contribution in [-0.2, 0) is 12.4 Å². The monoisotopic (exact) mass is 368 g/mol. The Morgan fingerprint density at radius 2 is 1.50 bits per heavy atom. The molecule has 0 aliphatic carbocycles. The Bertz CT molecular complexity index is 740. The molecule has 1 aromatic heterocycles. The Morgan fingerprint density at radius 1 is 0.958 bits per heavy atom. The van der Waals surface area contributed by atoms with E-state index in [2.05, 4.69) is 10.3 Å². The van der Waals surface area contributed by atoms with Gasteiger partial charge in [-0.05, 0) is 30.3 Å². The molecule has 10 heteroatoms. The summed E-state index contributed by atoms with van der Waals surface area (Å²) in [5.41, 5.74) is -3.97. The van der Waals surface area contributed by atoms with Gasteiger partial charge in [0.25, 0.3) is 5.91 Å². The van der Waals surface area contributed by atoms with Gasteiger partial charge in [0.2, 0.25) is 0 Å². The van der Waals surface area contributed by atoms with Crippen molar-refractivity contribution in [3.05, 3.63) is 58.2 Å². The van der Waals surface area contributed by atoms with Gasteiger partial charge < -0.3 is 5.32 Å². The summed E-state index contributed by atoms with van der Waals surface area (Å²) < 4.78 is 76.5. The SMILES string of the molecule is O=C(Nc1cccc(Cl)n1)c1cc(C(F)(F)F)cc(C(F)(F)F)c1. The molecule has 0 bridgehead atoms. The first-order valence-corrected chi connectivity index (χ1v) is 6.58. The van der Waals surface area contributed by atoms with E-state index in [9.17, 15) is 31.1 Å². The Morgan fingerprint density at radius 3 is 1.96 bits per heavy atom. The van der Waals surface area contributed by atoms with Crippen molar-refractivity contribution >= 4 is 23.3 Å². The Kier molecular flexibility index (Phi) is 4.75. The summed E-state index contributed by atoms with van der Waals surface area (Å²) >= 11 is 5.58. The number of benzene rings is 1. The zero-order chi connectivity index (χ0) is 18.1. The zero-order valence-corrected chi connectivity index (χ0v) is 12.2. The molecule has 0 spiro atoms. The quantitative estimate of drug-likeness (QED) is 0.597. The van der Waals surface area contributed by atoms with E-state index in [1.165, 1.54) is 18.2 Å². The Balaban J connectivity index is 2.43. The van der Waals surface area contributed by atoms with Crippen molar-refractivity contribution in [3.8, 4) is 0 Å². The molecule has 0 aliphatic rings. The van der Waals surface area contributed by atoms with Crippen LogP contribution in [0.25, 0.3) is 0 Å². The van der Waals surface area contributed by atoms with Gasteiger partial charge in [0.1, 0.15) is 11.0 Å². The molecule has 0 saturated heterocycles. The van der Waals surface area contributed by atoms with Gasteiger partial charge in [-0.25, -0.2) is 4.98 Å². The highest BCUT2D eigenvalue weighted by molar-refractivity contribution is 6.29. The number of carbonyl (C=O) groups excluding carboxylic acids is 1. The van der Waals surface area contributed by atoms with Gasteiger partial charge in [0, 0.05) is 5.56 Å². The summed E-state index contributed by atoms with van der Waals surface area (Å²) in [4.78, 5) is 15.6. The normalized spacial score (nSPS) is 12.1. The van der Waals surface area contributed by atoms with Crippen LogP contribution in [0.4, 0.5) is 32.2 Å². The van der Waals surface area contributed by atoms with Crippen molar-refractivity contribution in [3.63, 3.8) is 0 Å². The lowest BCUT2D eigenvalue weighted by atomic mass is 10.0. The van der Waals surface area contributed by atoms with Gasteiger partial charge >= 0.3 is 12.4 Å². The first kappa shape index (κ1) is 18.1. The molecule has 0 radical (unpaired) electrons. The molecule has 1 amide bonds. The largest absolute Gasteiger partial charge is 0.416 e. The molecule has 0 unspecified atom stereocenters. The maximum absolute atomic E-state index is 12.8. The highest BCUT2D eigenvalue weighted by Crippen LogP contribution is 2.36. The molecule has 0 fully saturated rings. The van der Waals surface area contributed by atoms with Gasteiger partial charge in [0.05, 0.1) is 11.1 Å². The number of aromatic nitrogens is 1. The van der Waals surface area contributed by atoms with Crippen molar-refractivity contribution in [1.29, 1.82) is 0 Å². The molecule has 0 saturated carbocycles. The molecule has 0 atom stereocenters. The van der Waals surface area contributed by atoms with Gasteiger partial charge in [-0.15, -0.1) is 0 Å². The molecular weight excluding hydrogens is 362 g/mol. The second-order valence-electron chi connectivity index (χ2n) is 4.59. The van der Waals surface area contributed by atoms with Crippen LogP contribution < -0.4 is 5.32 Å². The number of carbonyl (C=O) groups is 1. The molecular formula is C14H7ClF6N2O. The number of pyridine rings is 1. The standard InChI is InChI=1S/C14H7ClF6N2O/c15-10-2-1-3-11(22-10)23-12(24)7-4-8(13(16,17)18)6-9(5-7)14(19,20)21/h1-6H,(H,22,23,24). The second kappa shape index (κ2) is 6.31. The van der Waals surface area contributed by atoms with Crippen molar-refractivity contribution < 1.29 is 31.1 Å². The molecule has 3 nitrogen and oxygen atoms in total. The summed E-state index contributed by atoms with van der Waals surface area (Å²) in [6.45, 7) is 0. The molecule has 2 rings (SSSR count). The van der Waals surface area contributed by atoms with Gasteiger partial charge in [-0.3, -0.25) is 4.79 Å². The van der Waals surface area contributed by atoms with Gasteiger partial charge in [-0.2, -0.15) is 26.3 Å². The predicted octanol–water partition coefficient (Wildman–Crippen LogP) is 5.02. The fourth-order valence-corrected chi connectivity index (χ4v) is 1.92. The predicted molar refractivity (Wildman–Crippen MR) is 73.6 cm³/mol. The van der Waals surface area contributed by atoms with E-state index >= 15 is 0 Å². The van der Waals surface area contributed by atoms with Crippen molar-refractivity contribution in [2.75, 3.05) is 5.32 Å². The van der Waals surface area contributed by atoms with E-state index in [0.717, 1.165) is 0 Å². The van der Waals surface area contributed by atoms with Crippen molar-refractivity contribution in [2.24, 2.45) is 0 Å². The minimum Gasteiger partial charge on any atom is -0.307 e. The molecule has 0 aliphatic heterocycles. The number of hydrogen-bond acceptors (Lipinski definition) is 2. The summed E-state index contributed by atoms with van der Waals surface area (Å²) in [6.07, 6.45) is -10.1. The minimum absolute atomic E-state index is 0.00665. The van der Waals surface area contributed by atoms with Crippen LogP contribution >= 0.6 is 11.6 Å². The van der Waals surface area contributed by atoms with E-state index < -0.39 is 35.0 Å². The van der Waals surface area contributed by atoms with E-state index in [1.54, 1.807) is 0 Å². The van der Waals surface area contributed by atoms with Crippen LogP contribution in [0.1, 0.15) is 21.5 Å². The fourth-order valence-electron chi connectivity index (χ4n) is 1.75. The molecule has 24 heavy (non-hydrogen) atoms. The molecule has 1 N–H and O–H groups in total. The molecule has 128 valence electrons. The van der Waals surface area contributed by atoms with Crippen molar-refractivity contribution in [2.45, 2.75) is 12.4 Å².